The van der Waals surface area contributed by atoms with Gasteiger partial charge in [-0.3, -0.25) is 9.89 Å². The first-order chi connectivity index (χ1) is 14.2. The first kappa shape index (κ1) is 19.5. The molecule has 0 spiro atoms. The zero-order chi connectivity index (χ0) is 20.1. The van der Waals surface area contributed by atoms with Gasteiger partial charge in [-0.25, -0.2) is 4.98 Å². The molecule has 1 atom stereocenters. The Morgan fingerprint density at radius 1 is 1.14 bits per heavy atom. The van der Waals surface area contributed by atoms with E-state index in [1.54, 1.807) is 0 Å². The van der Waals surface area contributed by atoms with Gasteiger partial charge in [0.25, 0.3) is 0 Å². The quantitative estimate of drug-likeness (QED) is 0.597. The maximum Gasteiger partial charge on any atom is 0.240 e. The van der Waals surface area contributed by atoms with Crippen LogP contribution in [0.15, 0.2) is 52.0 Å². The molecule has 4 rings (SSSR count). The number of hydrogen-bond donors (Lipinski definition) is 1. The van der Waals surface area contributed by atoms with E-state index in [0.29, 0.717) is 11.0 Å². The highest BCUT2D eigenvalue weighted by atomic mass is 32.2. The van der Waals surface area contributed by atoms with Gasteiger partial charge in [-0.2, -0.15) is 0 Å². The minimum absolute atomic E-state index is 0.133. The Morgan fingerprint density at radius 3 is 2.66 bits per heavy atom. The first-order valence-corrected chi connectivity index (χ1v) is 10.7. The standard InChI is InChI=1S/C22H24N4O2S/c1-16-10-11-18(28-16)12-13-19-23-22(25-24-19)29-20(17-8-4-2-5-9-17)21(27)26-14-6-3-7-15-26/h2,4-5,8-13,20H,3,6-7,14-15H2,1H3,(H,23,24,25)/b13-12+. The second-order valence-corrected chi connectivity index (χ2v) is 8.15. The van der Waals surface area contributed by atoms with E-state index in [1.165, 1.54) is 18.2 Å². The van der Waals surface area contributed by atoms with Crippen molar-refractivity contribution >= 4 is 29.8 Å². The molecule has 1 saturated heterocycles. The molecule has 0 aliphatic carbocycles. The van der Waals surface area contributed by atoms with Crippen molar-refractivity contribution in [3.05, 3.63) is 65.4 Å². The summed E-state index contributed by atoms with van der Waals surface area (Å²) in [5.41, 5.74) is 0.973. The molecule has 0 radical (unpaired) electrons. The fourth-order valence-electron chi connectivity index (χ4n) is 3.36. The summed E-state index contributed by atoms with van der Waals surface area (Å²) in [5, 5.41) is 7.43. The van der Waals surface area contributed by atoms with Crippen LogP contribution in [-0.2, 0) is 4.79 Å². The Labute approximate surface area is 174 Å². The molecule has 1 N–H and O–H groups in total. The number of nitrogens with zero attached hydrogens (tertiary/aromatic N) is 3. The summed E-state index contributed by atoms with van der Waals surface area (Å²) in [4.78, 5) is 19.7. The predicted molar refractivity (Wildman–Crippen MR) is 114 cm³/mol. The maximum absolute atomic E-state index is 13.2. The number of aryl methyl sites for hydroxylation is 1. The summed E-state index contributed by atoms with van der Waals surface area (Å²) < 4.78 is 5.53. The average molecular weight is 409 g/mol. The van der Waals surface area contributed by atoms with Gasteiger partial charge in [-0.15, -0.1) is 5.10 Å². The number of aromatic nitrogens is 3. The van der Waals surface area contributed by atoms with Crippen molar-refractivity contribution in [3.8, 4) is 0 Å². The molecule has 1 aromatic carbocycles. The molecular formula is C22H24N4O2S. The largest absolute Gasteiger partial charge is 0.462 e. The Balaban J connectivity index is 1.51. The molecule has 3 heterocycles. The van der Waals surface area contributed by atoms with E-state index >= 15 is 0 Å². The summed E-state index contributed by atoms with van der Waals surface area (Å²) in [6.45, 7) is 3.56. The van der Waals surface area contributed by atoms with Gasteiger partial charge in [0.2, 0.25) is 11.1 Å². The zero-order valence-corrected chi connectivity index (χ0v) is 17.2. The van der Waals surface area contributed by atoms with Crippen LogP contribution in [0.1, 0.15) is 47.4 Å². The molecule has 2 aromatic heterocycles. The highest BCUT2D eigenvalue weighted by molar-refractivity contribution is 8.00. The Hall–Kier alpha value is -2.80. The van der Waals surface area contributed by atoms with Crippen molar-refractivity contribution in [2.24, 2.45) is 0 Å². The Kier molecular flexibility index (Phi) is 6.14. The van der Waals surface area contributed by atoms with Gasteiger partial charge in [0, 0.05) is 13.1 Å². The summed E-state index contributed by atoms with van der Waals surface area (Å²) in [6, 6.07) is 13.7. The molecule has 7 heteroatoms. The number of rotatable bonds is 6. The summed E-state index contributed by atoms with van der Waals surface area (Å²) in [5.74, 6) is 2.38. The molecule has 0 bridgehead atoms. The van der Waals surface area contributed by atoms with E-state index in [4.69, 9.17) is 4.42 Å². The Morgan fingerprint density at radius 2 is 1.93 bits per heavy atom. The van der Waals surface area contributed by atoms with Gasteiger partial charge < -0.3 is 9.32 Å². The van der Waals surface area contributed by atoms with Crippen molar-refractivity contribution in [3.63, 3.8) is 0 Å². The first-order valence-electron chi connectivity index (χ1n) is 9.86. The number of hydrogen-bond acceptors (Lipinski definition) is 5. The molecule has 150 valence electrons. The van der Waals surface area contributed by atoms with Crippen LogP contribution in [-0.4, -0.2) is 39.1 Å². The van der Waals surface area contributed by atoms with Crippen molar-refractivity contribution < 1.29 is 9.21 Å². The second-order valence-electron chi connectivity index (χ2n) is 7.08. The molecule has 1 aliphatic rings. The molecule has 29 heavy (non-hydrogen) atoms. The highest BCUT2D eigenvalue weighted by Crippen LogP contribution is 2.35. The number of carbonyl (C=O) groups excluding carboxylic acids is 1. The fraction of sp³-hybridized carbons (Fsp3) is 0.318. The van der Waals surface area contributed by atoms with E-state index in [2.05, 4.69) is 15.2 Å². The fourth-order valence-corrected chi connectivity index (χ4v) is 4.37. The summed E-state index contributed by atoms with van der Waals surface area (Å²) >= 11 is 1.39. The lowest BCUT2D eigenvalue weighted by Crippen LogP contribution is -2.38. The lowest BCUT2D eigenvalue weighted by atomic mass is 10.1. The van der Waals surface area contributed by atoms with Crippen LogP contribution in [0.2, 0.25) is 0 Å². The van der Waals surface area contributed by atoms with Crippen LogP contribution in [0.5, 0.6) is 0 Å². The minimum Gasteiger partial charge on any atom is -0.462 e. The number of benzene rings is 1. The van der Waals surface area contributed by atoms with E-state index < -0.39 is 0 Å². The minimum atomic E-state index is -0.352. The van der Waals surface area contributed by atoms with Gasteiger partial charge in [0.05, 0.1) is 0 Å². The van der Waals surface area contributed by atoms with E-state index in [1.807, 2.05) is 66.4 Å². The molecule has 1 amide bonds. The molecule has 0 saturated carbocycles. The highest BCUT2D eigenvalue weighted by Gasteiger charge is 2.29. The number of piperidine rings is 1. The number of carbonyl (C=O) groups is 1. The number of thioether (sulfide) groups is 1. The van der Waals surface area contributed by atoms with E-state index in [-0.39, 0.29) is 11.2 Å². The predicted octanol–water partition coefficient (Wildman–Crippen LogP) is 4.72. The van der Waals surface area contributed by atoms with Crippen molar-refractivity contribution in [2.75, 3.05) is 13.1 Å². The number of furan rings is 1. The number of likely N-dealkylation sites (tertiary alicyclic amines) is 1. The van der Waals surface area contributed by atoms with Crippen LogP contribution in [0.4, 0.5) is 0 Å². The van der Waals surface area contributed by atoms with Gasteiger partial charge in [-0.1, -0.05) is 42.1 Å². The third-order valence-electron chi connectivity index (χ3n) is 4.87. The van der Waals surface area contributed by atoms with Gasteiger partial charge in [0.15, 0.2) is 0 Å². The van der Waals surface area contributed by atoms with Gasteiger partial charge in [0.1, 0.15) is 22.6 Å². The monoisotopic (exact) mass is 408 g/mol. The number of aromatic amines is 1. The van der Waals surface area contributed by atoms with Crippen molar-refractivity contribution in [1.82, 2.24) is 20.1 Å². The van der Waals surface area contributed by atoms with Crippen LogP contribution in [0.25, 0.3) is 12.2 Å². The van der Waals surface area contributed by atoms with Crippen molar-refractivity contribution in [2.45, 2.75) is 36.6 Å². The molecule has 3 aromatic rings. The number of nitrogens with one attached hydrogen (secondary N) is 1. The number of H-pyrrole nitrogens is 1. The summed E-state index contributed by atoms with van der Waals surface area (Å²) in [6.07, 6.45) is 6.99. The van der Waals surface area contributed by atoms with E-state index in [0.717, 1.165) is 43.0 Å². The van der Waals surface area contributed by atoms with Crippen LogP contribution in [0.3, 0.4) is 0 Å². The lowest BCUT2D eigenvalue weighted by molar-refractivity contribution is -0.131. The van der Waals surface area contributed by atoms with Crippen molar-refractivity contribution in [1.29, 1.82) is 0 Å². The Bertz CT molecular complexity index is 974. The smallest absolute Gasteiger partial charge is 0.240 e. The maximum atomic E-state index is 13.2. The van der Waals surface area contributed by atoms with Gasteiger partial charge >= 0.3 is 0 Å². The molecule has 1 unspecified atom stereocenters. The number of amides is 1. The van der Waals surface area contributed by atoms with E-state index in [9.17, 15) is 4.79 Å². The average Bonchev–Trinajstić information content (AvgIpc) is 3.40. The molecular weight excluding hydrogens is 384 g/mol. The van der Waals surface area contributed by atoms with Gasteiger partial charge in [-0.05, 0) is 56.0 Å². The lowest BCUT2D eigenvalue weighted by Gasteiger charge is -2.30. The second kappa shape index (κ2) is 9.13. The SMILES string of the molecule is Cc1ccc(/C=C/c2nc(SC(C(=O)N3CCCCC3)c3ccccc3)n[nH]2)o1. The van der Waals surface area contributed by atoms with Crippen LogP contribution >= 0.6 is 11.8 Å². The van der Waals surface area contributed by atoms with Crippen LogP contribution in [0, 0.1) is 6.92 Å². The molecule has 6 nitrogen and oxygen atoms in total. The summed E-state index contributed by atoms with van der Waals surface area (Å²) in [7, 11) is 0. The zero-order valence-electron chi connectivity index (χ0n) is 16.4. The molecule has 1 fully saturated rings. The van der Waals surface area contributed by atoms with Crippen LogP contribution < -0.4 is 0 Å². The molecule has 1 aliphatic heterocycles. The topological polar surface area (TPSA) is 75.0 Å². The third-order valence-corrected chi connectivity index (χ3v) is 5.97. The third kappa shape index (κ3) is 4.98. The normalized spacial score (nSPS) is 15.7.